The van der Waals surface area contributed by atoms with E-state index >= 15 is 0 Å². The summed E-state index contributed by atoms with van der Waals surface area (Å²) in [6.07, 6.45) is 5.55. The molecule has 39 valence electrons. The monoisotopic (exact) mass is 129 g/mol. The van der Waals surface area contributed by atoms with E-state index in [0.717, 1.165) is 0 Å². The van der Waals surface area contributed by atoms with Crippen LogP contribution < -0.4 is 0 Å². The van der Waals surface area contributed by atoms with Crippen LogP contribution in [0.4, 0.5) is 0 Å². The Morgan fingerprint density at radius 2 is 2.57 bits per heavy atom. The fraction of sp³-hybridized carbons (Fsp3) is 0.333. The molecule has 0 atom stereocenters. The molecule has 1 rings (SSSR count). The van der Waals surface area contributed by atoms with Gasteiger partial charge in [-0.1, -0.05) is 0 Å². The summed E-state index contributed by atoms with van der Waals surface area (Å²) in [5.74, 6) is 0. The third-order valence-corrected chi connectivity index (χ3v) is 2.10. The Morgan fingerprint density at radius 3 is 2.71 bits per heavy atom. The van der Waals surface area contributed by atoms with Crippen molar-refractivity contribution >= 4 is 0 Å². The summed E-state index contributed by atoms with van der Waals surface area (Å²) < 4.78 is 1.51. The number of hydrogen-bond acceptors (Lipinski definition) is 0. The van der Waals surface area contributed by atoms with Gasteiger partial charge >= 0.3 is 55.4 Å². The summed E-state index contributed by atoms with van der Waals surface area (Å²) in [5, 5.41) is 0. The Balaban J connectivity index is 0. The van der Waals surface area contributed by atoms with E-state index in [2.05, 4.69) is 39.5 Å². The molecule has 0 aliphatic heterocycles. The van der Waals surface area contributed by atoms with E-state index in [9.17, 15) is 0 Å². The van der Waals surface area contributed by atoms with Crippen molar-refractivity contribution < 1.29 is 23.3 Å². The SMILES string of the molecule is CC1=[C]([Ti])CC=C1.[H-].[H-]. The molecule has 1 aliphatic rings. The van der Waals surface area contributed by atoms with Gasteiger partial charge in [0.15, 0.2) is 0 Å². The summed E-state index contributed by atoms with van der Waals surface area (Å²) in [7, 11) is 0. The molecule has 0 aromatic carbocycles. The summed E-state index contributed by atoms with van der Waals surface area (Å²) >= 11 is 2.18. The molecule has 7 heavy (non-hydrogen) atoms. The van der Waals surface area contributed by atoms with E-state index in [1.54, 1.807) is 0 Å². The zero-order valence-electron chi connectivity index (χ0n) is 6.36. The van der Waals surface area contributed by atoms with E-state index < -0.39 is 0 Å². The summed E-state index contributed by atoms with van der Waals surface area (Å²) in [6, 6.07) is 0. The molecule has 0 aromatic rings. The second-order valence-electron chi connectivity index (χ2n) is 1.77. The molecule has 0 spiro atoms. The van der Waals surface area contributed by atoms with E-state index in [1.165, 1.54) is 15.9 Å². The molecular formula is C6H9Ti-2. The van der Waals surface area contributed by atoms with Crippen LogP contribution in [0.2, 0.25) is 0 Å². The molecule has 0 nitrogen and oxygen atoms in total. The van der Waals surface area contributed by atoms with E-state index in [-0.39, 0.29) is 2.85 Å². The maximum Gasteiger partial charge on any atom is -1.00 e. The topological polar surface area (TPSA) is 0 Å². The molecule has 0 amide bonds. The minimum Gasteiger partial charge on any atom is -1.00 e. The fourth-order valence-corrected chi connectivity index (χ4v) is 0.929. The zero-order chi connectivity index (χ0) is 5.28. The Hall–Kier alpha value is 0.194. The van der Waals surface area contributed by atoms with Crippen LogP contribution >= 0.6 is 0 Å². The van der Waals surface area contributed by atoms with Crippen molar-refractivity contribution in [2.75, 3.05) is 0 Å². The van der Waals surface area contributed by atoms with Gasteiger partial charge < -0.3 is 2.85 Å². The van der Waals surface area contributed by atoms with Crippen LogP contribution in [0.5, 0.6) is 0 Å². The molecule has 0 bridgehead atoms. The van der Waals surface area contributed by atoms with Gasteiger partial charge in [-0.25, -0.2) is 0 Å². The second kappa shape index (κ2) is 1.98. The van der Waals surface area contributed by atoms with Crippen molar-refractivity contribution in [3.05, 3.63) is 21.6 Å². The molecule has 1 heteroatoms. The average molecular weight is 129 g/mol. The van der Waals surface area contributed by atoms with Gasteiger partial charge in [-0.2, -0.15) is 0 Å². The van der Waals surface area contributed by atoms with Crippen molar-refractivity contribution in [2.24, 2.45) is 0 Å². The van der Waals surface area contributed by atoms with Crippen LogP contribution in [0.15, 0.2) is 21.6 Å². The quantitative estimate of drug-likeness (QED) is 0.438. The van der Waals surface area contributed by atoms with Crippen LogP contribution in [0, 0.1) is 0 Å². The summed E-state index contributed by atoms with van der Waals surface area (Å²) in [4.78, 5) is 0. The Kier molecular flexibility index (Phi) is 1.51. The maximum absolute atomic E-state index is 2.20. The average Bonchev–Trinajstić information content (AvgIpc) is 1.91. The Morgan fingerprint density at radius 1 is 1.86 bits per heavy atom. The predicted molar refractivity (Wildman–Crippen MR) is 28.7 cm³/mol. The van der Waals surface area contributed by atoms with Gasteiger partial charge in [-0.15, -0.1) is 0 Å². The Labute approximate surface area is 58.7 Å². The van der Waals surface area contributed by atoms with Crippen molar-refractivity contribution in [1.29, 1.82) is 0 Å². The molecule has 0 fully saturated rings. The van der Waals surface area contributed by atoms with Crippen molar-refractivity contribution in [3.63, 3.8) is 0 Å². The Bertz CT molecular complexity index is 138. The first-order valence-corrected chi connectivity index (χ1v) is 3.16. The predicted octanol–water partition coefficient (Wildman–Crippen LogP) is 1.99. The van der Waals surface area contributed by atoms with Crippen molar-refractivity contribution in [3.8, 4) is 0 Å². The van der Waals surface area contributed by atoms with Crippen LogP contribution in [-0.2, 0) is 20.4 Å². The largest absolute Gasteiger partial charge is 1.00 e. The second-order valence-corrected chi connectivity index (χ2v) is 2.71. The third-order valence-electron chi connectivity index (χ3n) is 1.17. The standard InChI is InChI=1S/C6H7.Ti.2H/c1-6-4-2-3-5-6;;;/h2,4H,3H2,1H3;;;/q;;2*-1. The van der Waals surface area contributed by atoms with Crippen molar-refractivity contribution in [1.82, 2.24) is 0 Å². The molecule has 0 saturated heterocycles. The maximum atomic E-state index is 2.20. The molecule has 0 N–H and O–H groups in total. The minimum atomic E-state index is 0. The van der Waals surface area contributed by atoms with Gasteiger partial charge in [0.2, 0.25) is 0 Å². The fourth-order valence-electron chi connectivity index (χ4n) is 0.615. The normalized spacial score (nSPS) is 18.9. The summed E-state index contributed by atoms with van der Waals surface area (Å²) in [6.45, 7) is 2.15. The molecule has 1 aliphatic carbocycles. The van der Waals surface area contributed by atoms with E-state index in [1.807, 2.05) is 0 Å². The van der Waals surface area contributed by atoms with Gasteiger partial charge in [0, 0.05) is 0 Å². The van der Waals surface area contributed by atoms with Crippen LogP contribution in [0.3, 0.4) is 0 Å². The van der Waals surface area contributed by atoms with Gasteiger partial charge in [0.1, 0.15) is 0 Å². The first kappa shape index (κ1) is 5.33. The van der Waals surface area contributed by atoms with Gasteiger partial charge in [-0.3, -0.25) is 0 Å². The molecule has 0 aromatic heterocycles. The van der Waals surface area contributed by atoms with E-state index in [4.69, 9.17) is 0 Å². The van der Waals surface area contributed by atoms with E-state index in [0.29, 0.717) is 0 Å². The van der Waals surface area contributed by atoms with Gasteiger partial charge in [-0.05, 0) is 0 Å². The van der Waals surface area contributed by atoms with Crippen LogP contribution in [0.1, 0.15) is 16.2 Å². The van der Waals surface area contributed by atoms with Crippen LogP contribution in [-0.4, -0.2) is 0 Å². The number of rotatable bonds is 0. The first-order valence-electron chi connectivity index (χ1n) is 2.38. The molecule has 0 heterocycles. The number of hydrogen-bond donors (Lipinski definition) is 0. The third kappa shape index (κ3) is 1.05. The zero-order valence-corrected chi connectivity index (χ0v) is 5.92. The van der Waals surface area contributed by atoms with Gasteiger partial charge in [0.25, 0.3) is 0 Å². The molecular weight excluding hydrogens is 120 g/mol. The smallest absolute Gasteiger partial charge is 1.00 e. The number of allylic oxidation sites excluding steroid dienone is 4. The van der Waals surface area contributed by atoms with Crippen molar-refractivity contribution in [2.45, 2.75) is 13.3 Å². The molecule has 0 saturated carbocycles. The van der Waals surface area contributed by atoms with Gasteiger partial charge in [0.05, 0.1) is 0 Å². The van der Waals surface area contributed by atoms with Crippen LogP contribution in [0.25, 0.3) is 0 Å². The first-order chi connectivity index (χ1) is 3.30. The minimum absolute atomic E-state index is 0. The summed E-state index contributed by atoms with van der Waals surface area (Å²) in [5.41, 5.74) is 1.44. The molecule has 0 unspecified atom stereocenters. The molecule has 0 radical (unpaired) electrons.